The van der Waals surface area contributed by atoms with Crippen LogP contribution in [-0.2, 0) is 0 Å². The zero-order chi connectivity index (χ0) is 9.30. The van der Waals surface area contributed by atoms with E-state index in [2.05, 4.69) is 29.8 Å². The highest BCUT2D eigenvalue weighted by atomic mass is 79.9. The molecule has 0 aliphatic heterocycles. The third-order valence-electron chi connectivity index (χ3n) is 1.52. The van der Waals surface area contributed by atoms with Gasteiger partial charge in [0, 0.05) is 9.35 Å². The van der Waals surface area contributed by atoms with Gasteiger partial charge in [-0.1, -0.05) is 25.4 Å². The van der Waals surface area contributed by atoms with E-state index in [1.165, 1.54) is 11.3 Å². The van der Waals surface area contributed by atoms with Crippen LogP contribution in [0.1, 0.15) is 24.1 Å². The fraction of sp³-hybridized carbons (Fsp3) is 0.500. The molecule has 1 atom stereocenters. The number of hydrogen-bond donors (Lipinski definition) is 0. The highest BCUT2D eigenvalue weighted by Crippen LogP contribution is 2.40. The van der Waals surface area contributed by atoms with Crippen molar-refractivity contribution in [3.8, 4) is 0 Å². The van der Waals surface area contributed by atoms with E-state index in [-0.39, 0.29) is 5.38 Å². The van der Waals surface area contributed by atoms with Crippen molar-refractivity contribution in [1.82, 2.24) is 0 Å². The Kier molecular flexibility index (Phi) is 3.90. The van der Waals surface area contributed by atoms with Crippen molar-refractivity contribution in [3.05, 3.63) is 19.8 Å². The lowest BCUT2D eigenvalue weighted by Gasteiger charge is -2.09. The SMILES string of the molecule is CC(C)C(Cl)c1cc(Br)c(Cl)s1. The van der Waals surface area contributed by atoms with Gasteiger partial charge < -0.3 is 0 Å². The van der Waals surface area contributed by atoms with Crippen LogP contribution < -0.4 is 0 Å². The molecule has 0 saturated carbocycles. The molecule has 0 nitrogen and oxygen atoms in total. The summed E-state index contributed by atoms with van der Waals surface area (Å²) in [6, 6.07) is 1.99. The van der Waals surface area contributed by atoms with Crippen molar-refractivity contribution < 1.29 is 0 Å². The fourth-order valence-corrected chi connectivity index (χ4v) is 2.91. The second-order valence-electron chi connectivity index (χ2n) is 2.92. The molecule has 1 unspecified atom stereocenters. The molecule has 0 aliphatic carbocycles. The molecule has 1 heterocycles. The van der Waals surface area contributed by atoms with Crippen molar-refractivity contribution in [2.45, 2.75) is 19.2 Å². The summed E-state index contributed by atoms with van der Waals surface area (Å²) >= 11 is 16.9. The Bertz CT molecular complexity index is 251. The predicted molar refractivity (Wildman–Crippen MR) is 60.5 cm³/mol. The molecule has 0 aromatic carbocycles. The van der Waals surface area contributed by atoms with Gasteiger partial charge in [0.05, 0.1) is 5.38 Å². The number of alkyl halides is 1. The molecule has 4 heteroatoms. The molecule has 68 valence electrons. The van der Waals surface area contributed by atoms with Gasteiger partial charge in [-0.25, -0.2) is 0 Å². The monoisotopic (exact) mass is 286 g/mol. The lowest BCUT2D eigenvalue weighted by molar-refractivity contribution is 0.631. The quantitative estimate of drug-likeness (QED) is 0.664. The van der Waals surface area contributed by atoms with Crippen molar-refractivity contribution in [1.29, 1.82) is 0 Å². The Morgan fingerprint density at radius 1 is 1.50 bits per heavy atom. The molecule has 0 bridgehead atoms. The van der Waals surface area contributed by atoms with Gasteiger partial charge in [-0.2, -0.15) is 0 Å². The van der Waals surface area contributed by atoms with E-state index in [1.54, 1.807) is 0 Å². The van der Waals surface area contributed by atoms with E-state index < -0.39 is 0 Å². The standard InChI is InChI=1S/C8H9BrCl2S/c1-4(2)7(10)6-3-5(9)8(11)12-6/h3-4,7H,1-2H3. The molecule has 1 aromatic heterocycles. The molecule has 0 fully saturated rings. The largest absolute Gasteiger partial charge is 0.126 e. The number of rotatable bonds is 2. The average molecular weight is 288 g/mol. The summed E-state index contributed by atoms with van der Waals surface area (Å²) in [6.45, 7) is 4.19. The van der Waals surface area contributed by atoms with Crippen LogP contribution in [0.4, 0.5) is 0 Å². The first-order valence-electron chi connectivity index (χ1n) is 3.61. The van der Waals surface area contributed by atoms with Gasteiger partial charge in [0.25, 0.3) is 0 Å². The summed E-state index contributed by atoms with van der Waals surface area (Å²) in [6.07, 6.45) is 0. The van der Waals surface area contributed by atoms with E-state index in [1.807, 2.05) is 6.07 Å². The van der Waals surface area contributed by atoms with E-state index in [9.17, 15) is 0 Å². The second-order valence-corrected chi connectivity index (χ2v) is 5.93. The van der Waals surface area contributed by atoms with Gasteiger partial charge >= 0.3 is 0 Å². The number of thiophene rings is 1. The zero-order valence-electron chi connectivity index (χ0n) is 6.77. The summed E-state index contributed by atoms with van der Waals surface area (Å²) in [5, 5.41) is 0.0683. The lowest BCUT2D eigenvalue weighted by atomic mass is 10.1. The maximum absolute atomic E-state index is 6.16. The first-order chi connectivity index (χ1) is 5.52. The Morgan fingerprint density at radius 2 is 2.08 bits per heavy atom. The first kappa shape index (κ1) is 10.8. The van der Waals surface area contributed by atoms with Gasteiger partial charge in [-0.15, -0.1) is 22.9 Å². The van der Waals surface area contributed by atoms with Crippen LogP contribution in [0.2, 0.25) is 4.34 Å². The maximum atomic E-state index is 6.16. The molecule has 12 heavy (non-hydrogen) atoms. The Morgan fingerprint density at radius 3 is 2.42 bits per heavy atom. The number of halogens is 3. The molecule has 0 saturated heterocycles. The topological polar surface area (TPSA) is 0 Å². The molecule has 0 aliphatic rings. The van der Waals surface area contributed by atoms with E-state index >= 15 is 0 Å². The summed E-state index contributed by atoms with van der Waals surface area (Å²) in [5.41, 5.74) is 0. The van der Waals surface area contributed by atoms with Crippen LogP contribution in [-0.4, -0.2) is 0 Å². The Labute approximate surface area is 95.0 Å². The van der Waals surface area contributed by atoms with Crippen LogP contribution in [0.5, 0.6) is 0 Å². The molecule has 0 spiro atoms. The van der Waals surface area contributed by atoms with Crippen LogP contribution in [0.25, 0.3) is 0 Å². The maximum Gasteiger partial charge on any atom is 0.107 e. The number of hydrogen-bond acceptors (Lipinski definition) is 1. The molecule has 0 N–H and O–H groups in total. The van der Waals surface area contributed by atoms with Crippen molar-refractivity contribution in [2.24, 2.45) is 5.92 Å². The van der Waals surface area contributed by atoms with E-state index in [4.69, 9.17) is 23.2 Å². The minimum absolute atomic E-state index is 0.0683. The Hall–Kier alpha value is 0.760. The highest BCUT2D eigenvalue weighted by Gasteiger charge is 2.16. The van der Waals surface area contributed by atoms with Crippen molar-refractivity contribution >= 4 is 50.5 Å². The van der Waals surface area contributed by atoms with Gasteiger partial charge in [0.2, 0.25) is 0 Å². The summed E-state index contributed by atoms with van der Waals surface area (Å²) < 4.78 is 1.71. The summed E-state index contributed by atoms with van der Waals surface area (Å²) in [5.74, 6) is 0.438. The van der Waals surface area contributed by atoms with Gasteiger partial charge in [-0.05, 0) is 27.9 Å². The third kappa shape index (κ3) is 2.38. The predicted octanol–water partition coefficient (Wildman–Crippen LogP) is 5.10. The molecule has 1 rings (SSSR count). The summed E-state index contributed by atoms with van der Waals surface area (Å²) in [4.78, 5) is 1.13. The lowest BCUT2D eigenvalue weighted by Crippen LogP contribution is -1.95. The Balaban J connectivity index is 2.89. The van der Waals surface area contributed by atoms with Gasteiger partial charge in [0.1, 0.15) is 4.34 Å². The molecule has 0 amide bonds. The third-order valence-corrected chi connectivity index (χ3v) is 4.95. The van der Waals surface area contributed by atoms with Crippen LogP contribution in [0.15, 0.2) is 10.5 Å². The molecular formula is C8H9BrCl2S. The molecule has 1 aromatic rings. The van der Waals surface area contributed by atoms with Crippen LogP contribution in [0.3, 0.4) is 0 Å². The van der Waals surface area contributed by atoms with E-state index in [0.29, 0.717) is 5.92 Å². The van der Waals surface area contributed by atoms with E-state index in [0.717, 1.165) is 13.7 Å². The summed E-state index contributed by atoms with van der Waals surface area (Å²) in [7, 11) is 0. The van der Waals surface area contributed by atoms with Crippen molar-refractivity contribution in [2.75, 3.05) is 0 Å². The normalized spacial score (nSPS) is 13.8. The van der Waals surface area contributed by atoms with Gasteiger partial charge in [-0.3, -0.25) is 0 Å². The van der Waals surface area contributed by atoms with Crippen molar-refractivity contribution in [3.63, 3.8) is 0 Å². The minimum Gasteiger partial charge on any atom is -0.126 e. The van der Waals surface area contributed by atoms with Gasteiger partial charge in [0.15, 0.2) is 0 Å². The average Bonchev–Trinajstić information content (AvgIpc) is 2.30. The smallest absolute Gasteiger partial charge is 0.107 e. The second kappa shape index (κ2) is 4.32. The minimum atomic E-state index is 0.0683. The van der Waals surface area contributed by atoms with Crippen LogP contribution in [0, 0.1) is 5.92 Å². The molecular weight excluding hydrogens is 279 g/mol. The van der Waals surface area contributed by atoms with Crippen LogP contribution >= 0.6 is 50.5 Å². The fourth-order valence-electron chi connectivity index (χ4n) is 0.828. The zero-order valence-corrected chi connectivity index (χ0v) is 10.7. The first-order valence-corrected chi connectivity index (χ1v) is 6.03. The highest BCUT2D eigenvalue weighted by molar-refractivity contribution is 9.10. The molecule has 0 radical (unpaired) electrons.